The number of nitrogens with zero attached hydrogens (tertiary/aromatic N) is 3. The maximum atomic E-state index is 10.6. The maximum Gasteiger partial charge on any atom is 0.358 e. The summed E-state index contributed by atoms with van der Waals surface area (Å²) in [5.41, 5.74) is -0.0156. The second-order valence-electron chi connectivity index (χ2n) is 4.44. The van der Waals surface area contributed by atoms with Crippen molar-refractivity contribution in [2.75, 3.05) is 26.3 Å². The van der Waals surface area contributed by atoms with E-state index in [2.05, 4.69) is 15.6 Å². The molecule has 1 saturated heterocycles. The Morgan fingerprint density at radius 3 is 3.17 bits per heavy atom. The molecule has 1 aromatic heterocycles. The molecule has 1 aromatic rings. The predicted octanol–water partition coefficient (Wildman–Crippen LogP) is -0.00750. The fourth-order valence-corrected chi connectivity index (χ4v) is 1.94. The topological polar surface area (TPSA) is 89.3 Å². The van der Waals surface area contributed by atoms with Gasteiger partial charge >= 0.3 is 5.97 Å². The Morgan fingerprint density at radius 2 is 2.50 bits per heavy atom. The van der Waals surface area contributed by atoms with Crippen LogP contribution in [0.25, 0.3) is 0 Å². The molecule has 100 valence electrons. The van der Waals surface area contributed by atoms with E-state index >= 15 is 0 Å². The number of rotatable bonds is 7. The molecule has 0 amide bonds. The SMILES string of the molecule is O=C(O)c1cn(CCNCCC2CCOC2)nn1. The molecule has 2 rings (SSSR count). The summed E-state index contributed by atoms with van der Waals surface area (Å²) in [6.45, 7) is 4.11. The summed E-state index contributed by atoms with van der Waals surface area (Å²) in [5, 5.41) is 19.3. The second-order valence-corrected chi connectivity index (χ2v) is 4.44. The number of aromatic nitrogens is 3. The van der Waals surface area contributed by atoms with E-state index in [1.54, 1.807) is 0 Å². The first-order chi connectivity index (χ1) is 8.75. The molecule has 2 N–H and O–H groups in total. The lowest BCUT2D eigenvalue weighted by Gasteiger charge is -2.08. The molecule has 1 fully saturated rings. The van der Waals surface area contributed by atoms with Gasteiger partial charge in [0.25, 0.3) is 0 Å². The monoisotopic (exact) mass is 254 g/mol. The van der Waals surface area contributed by atoms with Crippen molar-refractivity contribution in [3.05, 3.63) is 11.9 Å². The van der Waals surface area contributed by atoms with Gasteiger partial charge in [-0.15, -0.1) is 5.10 Å². The first-order valence-corrected chi connectivity index (χ1v) is 6.17. The third-order valence-corrected chi connectivity index (χ3v) is 3.03. The van der Waals surface area contributed by atoms with Crippen LogP contribution in [0.2, 0.25) is 0 Å². The van der Waals surface area contributed by atoms with Crippen molar-refractivity contribution in [1.29, 1.82) is 0 Å². The highest BCUT2D eigenvalue weighted by atomic mass is 16.5. The smallest absolute Gasteiger partial charge is 0.358 e. The van der Waals surface area contributed by atoms with Gasteiger partial charge in [-0.25, -0.2) is 4.79 Å². The second kappa shape index (κ2) is 6.46. The van der Waals surface area contributed by atoms with Crippen LogP contribution in [-0.4, -0.2) is 52.4 Å². The zero-order chi connectivity index (χ0) is 12.8. The maximum absolute atomic E-state index is 10.6. The largest absolute Gasteiger partial charge is 0.476 e. The van der Waals surface area contributed by atoms with Gasteiger partial charge in [-0.3, -0.25) is 4.68 Å². The lowest BCUT2D eigenvalue weighted by atomic mass is 10.1. The highest BCUT2D eigenvalue weighted by molar-refractivity contribution is 5.84. The molecule has 7 heteroatoms. The lowest BCUT2D eigenvalue weighted by molar-refractivity contribution is 0.0690. The Morgan fingerprint density at radius 1 is 1.61 bits per heavy atom. The average Bonchev–Trinajstić information content (AvgIpc) is 2.98. The van der Waals surface area contributed by atoms with Gasteiger partial charge in [-0.1, -0.05) is 5.21 Å². The van der Waals surface area contributed by atoms with Crippen molar-refractivity contribution in [1.82, 2.24) is 20.3 Å². The molecular formula is C11H18N4O3. The Bertz CT molecular complexity index is 387. The minimum atomic E-state index is -1.05. The minimum absolute atomic E-state index is 0.0156. The van der Waals surface area contributed by atoms with Gasteiger partial charge in [0.15, 0.2) is 5.69 Å². The number of aromatic carboxylic acids is 1. The summed E-state index contributed by atoms with van der Waals surface area (Å²) in [6.07, 6.45) is 3.72. The number of carbonyl (C=O) groups is 1. The molecule has 0 bridgehead atoms. The quantitative estimate of drug-likeness (QED) is 0.665. The summed E-state index contributed by atoms with van der Waals surface area (Å²) in [5.74, 6) is -0.363. The van der Waals surface area contributed by atoms with Crippen LogP contribution < -0.4 is 5.32 Å². The number of carboxylic acids is 1. The van der Waals surface area contributed by atoms with E-state index in [4.69, 9.17) is 9.84 Å². The van der Waals surface area contributed by atoms with Gasteiger partial charge in [-0.2, -0.15) is 0 Å². The van der Waals surface area contributed by atoms with Gasteiger partial charge < -0.3 is 15.2 Å². The lowest BCUT2D eigenvalue weighted by Crippen LogP contribution is -2.23. The molecule has 0 radical (unpaired) electrons. The third-order valence-electron chi connectivity index (χ3n) is 3.03. The van der Waals surface area contributed by atoms with Crippen LogP contribution in [0.5, 0.6) is 0 Å². The zero-order valence-electron chi connectivity index (χ0n) is 10.2. The highest BCUT2D eigenvalue weighted by Gasteiger charge is 2.14. The molecule has 1 aliphatic rings. The summed E-state index contributed by atoms with van der Waals surface area (Å²) < 4.78 is 6.84. The van der Waals surface area contributed by atoms with Gasteiger partial charge in [0.05, 0.1) is 12.7 Å². The molecule has 1 unspecified atom stereocenters. The van der Waals surface area contributed by atoms with E-state index in [-0.39, 0.29) is 5.69 Å². The molecule has 1 atom stereocenters. The van der Waals surface area contributed by atoms with Crippen molar-refractivity contribution < 1.29 is 14.6 Å². The summed E-state index contributed by atoms with van der Waals surface area (Å²) in [7, 11) is 0. The summed E-state index contributed by atoms with van der Waals surface area (Å²) in [4.78, 5) is 10.6. The Kier molecular flexibility index (Phi) is 4.66. The van der Waals surface area contributed by atoms with Crippen molar-refractivity contribution >= 4 is 5.97 Å². The van der Waals surface area contributed by atoms with E-state index in [9.17, 15) is 4.79 Å². The minimum Gasteiger partial charge on any atom is -0.476 e. The predicted molar refractivity (Wildman–Crippen MR) is 63.4 cm³/mol. The standard InChI is InChI=1S/C11H18N4O3/c16-11(17)10-7-15(14-13-10)5-4-12-3-1-9-2-6-18-8-9/h7,9,12H,1-6,8H2,(H,16,17). The van der Waals surface area contributed by atoms with E-state index in [1.807, 2.05) is 0 Å². The summed E-state index contributed by atoms with van der Waals surface area (Å²) >= 11 is 0. The number of hydrogen-bond donors (Lipinski definition) is 2. The van der Waals surface area contributed by atoms with Crippen LogP contribution in [0.1, 0.15) is 23.3 Å². The van der Waals surface area contributed by atoms with Gasteiger partial charge in [-0.05, 0) is 25.3 Å². The van der Waals surface area contributed by atoms with Crippen LogP contribution in [0, 0.1) is 5.92 Å². The Hall–Kier alpha value is -1.47. The molecule has 18 heavy (non-hydrogen) atoms. The van der Waals surface area contributed by atoms with Crippen molar-refractivity contribution in [3.8, 4) is 0 Å². The summed E-state index contributed by atoms with van der Waals surface area (Å²) in [6, 6.07) is 0. The number of ether oxygens (including phenoxy) is 1. The number of hydrogen-bond acceptors (Lipinski definition) is 5. The zero-order valence-corrected chi connectivity index (χ0v) is 10.2. The number of nitrogens with one attached hydrogen (secondary N) is 1. The molecule has 1 aliphatic heterocycles. The first kappa shape index (κ1) is 13.0. The van der Waals surface area contributed by atoms with Crippen LogP contribution in [0.4, 0.5) is 0 Å². The first-order valence-electron chi connectivity index (χ1n) is 6.17. The molecular weight excluding hydrogens is 236 g/mol. The third kappa shape index (κ3) is 3.78. The van der Waals surface area contributed by atoms with Gasteiger partial charge in [0.1, 0.15) is 0 Å². The van der Waals surface area contributed by atoms with E-state index in [0.717, 1.165) is 39.1 Å². The normalized spacial score (nSPS) is 19.2. The van der Waals surface area contributed by atoms with Crippen LogP contribution >= 0.6 is 0 Å². The average molecular weight is 254 g/mol. The van der Waals surface area contributed by atoms with E-state index in [1.165, 1.54) is 10.9 Å². The molecule has 2 heterocycles. The van der Waals surface area contributed by atoms with Gasteiger partial charge in [0, 0.05) is 19.8 Å². The van der Waals surface area contributed by atoms with E-state index < -0.39 is 5.97 Å². The molecule has 0 aliphatic carbocycles. The molecule has 0 aromatic carbocycles. The Labute approximate surface area is 105 Å². The van der Waals surface area contributed by atoms with E-state index in [0.29, 0.717) is 12.5 Å². The number of carboxylic acid groups (broad SMARTS) is 1. The Balaban J connectivity index is 1.58. The van der Waals surface area contributed by atoms with Crippen molar-refractivity contribution in [2.24, 2.45) is 5.92 Å². The fraction of sp³-hybridized carbons (Fsp3) is 0.727. The molecule has 0 saturated carbocycles. The van der Waals surface area contributed by atoms with Crippen LogP contribution in [-0.2, 0) is 11.3 Å². The highest BCUT2D eigenvalue weighted by Crippen LogP contribution is 2.14. The van der Waals surface area contributed by atoms with Crippen molar-refractivity contribution in [2.45, 2.75) is 19.4 Å². The molecule has 7 nitrogen and oxygen atoms in total. The van der Waals surface area contributed by atoms with Crippen LogP contribution in [0.3, 0.4) is 0 Å². The fourth-order valence-electron chi connectivity index (χ4n) is 1.94. The van der Waals surface area contributed by atoms with Crippen LogP contribution in [0.15, 0.2) is 6.20 Å². The molecule has 0 spiro atoms. The van der Waals surface area contributed by atoms with Crippen molar-refractivity contribution in [3.63, 3.8) is 0 Å². The van der Waals surface area contributed by atoms with Gasteiger partial charge in [0.2, 0.25) is 0 Å².